The van der Waals surface area contributed by atoms with Crippen LogP contribution in [0, 0.1) is 0 Å². The number of methoxy groups -OCH3 is 1. The molecule has 1 saturated heterocycles. The molecule has 0 bridgehead atoms. The summed E-state index contributed by atoms with van der Waals surface area (Å²) in [6.07, 6.45) is 2.78. The fraction of sp³-hybridized carbons (Fsp3) is 0.154. The summed E-state index contributed by atoms with van der Waals surface area (Å²) in [6, 6.07) is 19.0. The molecule has 2 aromatic heterocycles. The number of benzene rings is 2. The molecule has 4 aromatic rings. The van der Waals surface area contributed by atoms with E-state index in [1.807, 2.05) is 41.3 Å². The number of pyridine rings is 1. The highest BCUT2D eigenvalue weighted by Gasteiger charge is 2.43. The van der Waals surface area contributed by atoms with E-state index in [9.17, 15) is 8.42 Å². The first-order chi connectivity index (χ1) is 18.2. The SMILES string of the molecule is COc1ccc(N2C(=S)N[C@@H](c3ccccn3)[C@@H]2c2ccc(-c3cccc(Cl)c3Cl)o2)cc1NS(C)(=O)=O. The molecule has 3 heterocycles. The first-order valence-electron chi connectivity index (χ1n) is 11.4. The monoisotopic (exact) mass is 588 g/mol. The fourth-order valence-electron chi connectivity index (χ4n) is 4.40. The van der Waals surface area contributed by atoms with Crippen LogP contribution < -0.4 is 19.7 Å². The molecule has 0 spiro atoms. The minimum absolute atomic E-state index is 0.279. The van der Waals surface area contributed by atoms with Gasteiger partial charge in [0, 0.05) is 17.4 Å². The highest BCUT2D eigenvalue weighted by molar-refractivity contribution is 7.92. The fourth-order valence-corrected chi connectivity index (χ4v) is 5.70. The van der Waals surface area contributed by atoms with Gasteiger partial charge in [0.1, 0.15) is 23.3 Å². The van der Waals surface area contributed by atoms with Gasteiger partial charge in [-0.25, -0.2) is 8.42 Å². The maximum Gasteiger partial charge on any atom is 0.229 e. The number of anilines is 2. The molecule has 5 rings (SSSR count). The first kappa shape index (κ1) is 26.3. The summed E-state index contributed by atoms with van der Waals surface area (Å²) in [7, 11) is -2.10. The molecule has 196 valence electrons. The highest BCUT2D eigenvalue weighted by atomic mass is 35.5. The lowest BCUT2D eigenvalue weighted by molar-refractivity contribution is 0.416. The lowest BCUT2D eigenvalue weighted by Crippen LogP contribution is -2.29. The summed E-state index contributed by atoms with van der Waals surface area (Å²) >= 11 is 18.5. The van der Waals surface area contributed by atoms with Gasteiger partial charge in [-0.05, 0) is 66.8 Å². The normalized spacial score (nSPS) is 17.4. The molecule has 2 aromatic carbocycles. The Morgan fingerprint density at radius 1 is 1.11 bits per heavy atom. The number of nitrogens with zero attached hydrogens (tertiary/aromatic N) is 2. The number of halogens is 2. The van der Waals surface area contributed by atoms with Gasteiger partial charge < -0.3 is 19.4 Å². The summed E-state index contributed by atoms with van der Waals surface area (Å²) < 4.78 is 38.3. The second-order valence-electron chi connectivity index (χ2n) is 8.56. The Morgan fingerprint density at radius 2 is 1.92 bits per heavy atom. The van der Waals surface area contributed by atoms with Crippen LogP contribution in [0.15, 0.2) is 77.3 Å². The molecule has 38 heavy (non-hydrogen) atoms. The molecule has 1 aliphatic heterocycles. The Labute approximate surface area is 235 Å². The van der Waals surface area contributed by atoms with E-state index in [0.29, 0.717) is 43.7 Å². The van der Waals surface area contributed by atoms with Crippen molar-refractivity contribution in [3.63, 3.8) is 0 Å². The van der Waals surface area contributed by atoms with E-state index in [-0.39, 0.29) is 11.7 Å². The van der Waals surface area contributed by atoms with Gasteiger partial charge in [0.15, 0.2) is 5.11 Å². The van der Waals surface area contributed by atoms with Crippen LogP contribution in [0.1, 0.15) is 23.5 Å². The Morgan fingerprint density at radius 3 is 2.63 bits per heavy atom. The van der Waals surface area contributed by atoms with Crippen molar-refractivity contribution in [1.29, 1.82) is 0 Å². The number of ether oxygens (including phenoxy) is 1. The van der Waals surface area contributed by atoms with Gasteiger partial charge in [-0.3, -0.25) is 9.71 Å². The Balaban J connectivity index is 1.63. The molecule has 8 nitrogen and oxygen atoms in total. The van der Waals surface area contributed by atoms with E-state index in [1.165, 1.54) is 7.11 Å². The number of hydrogen-bond donors (Lipinski definition) is 2. The molecule has 12 heteroatoms. The van der Waals surface area contributed by atoms with E-state index in [0.717, 1.165) is 11.9 Å². The van der Waals surface area contributed by atoms with Crippen molar-refractivity contribution >= 4 is 61.9 Å². The van der Waals surface area contributed by atoms with Gasteiger partial charge in [0.05, 0.1) is 40.8 Å². The van der Waals surface area contributed by atoms with Crippen LogP contribution in [-0.4, -0.2) is 31.9 Å². The quantitative estimate of drug-likeness (QED) is 0.246. The van der Waals surface area contributed by atoms with Crippen LogP contribution in [0.3, 0.4) is 0 Å². The number of furan rings is 1. The highest BCUT2D eigenvalue weighted by Crippen LogP contribution is 2.45. The number of thiocarbonyl (C=S) groups is 1. The average molecular weight is 590 g/mol. The zero-order chi connectivity index (χ0) is 27.0. The molecule has 1 fully saturated rings. The number of nitrogens with one attached hydrogen (secondary N) is 2. The van der Waals surface area contributed by atoms with Crippen LogP contribution >= 0.6 is 35.4 Å². The zero-order valence-electron chi connectivity index (χ0n) is 20.2. The molecule has 2 atom stereocenters. The maximum atomic E-state index is 12.0. The largest absolute Gasteiger partial charge is 0.495 e. The third-order valence-electron chi connectivity index (χ3n) is 5.99. The summed E-state index contributed by atoms with van der Waals surface area (Å²) in [4.78, 5) is 6.41. The lowest BCUT2D eigenvalue weighted by atomic mass is 10.0. The third kappa shape index (κ3) is 5.17. The molecule has 0 unspecified atom stereocenters. The molecule has 0 amide bonds. The van der Waals surface area contributed by atoms with Crippen LogP contribution in [0.5, 0.6) is 5.75 Å². The molecular weight excluding hydrogens is 567 g/mol. The van der Waals surface area contributed by atoms with Crippen molar-refractivity contribution in [1.82, 2.24) is 10.3 Å². The van der Waals surface area contributed by atoms with Gasteiger partial charge in [-0.15, -0.1) is 0 Å². The van der Waals surface area contributed by atoms with Crippen molar-refractivity contribution in [2.45, 2.75) is 12.1 Å². The van der Waals surface area contributed by atoms with E-state index < -0.39 is 16.1 Å². The van der Waals surface area contributed by atoms with E-state index in [2.05, 4.69) is 15.0 Å². The maximum absolute atomic E-state index is 12.0. The summed E-state index contributed by atoms with van der Waals surface area (Å²) in [5.74, 6) is 1.50. The van der Waals surface area contributed by atoms with E-state index in [1.54, 1.807) is 36.5 Å². The predicted molar refractivity (Wildman–Crippen MR) is 154 cm³/mol. The topological polar surface area (TPSA) is 96.7 Å². The van der Waals surface area contributed by atoms with Crippen molar-refractivity contribution in [3.8, 4) is 17.1 Å². The molecule has 0 radical (unpaired) electrons. The molecule has 1 aliphatic rings. The average Bonchev–Trinajstić information content (AvgIpc) is 3.50. The van der Waals surface area contributed by atoms with Crippen molar-refractivity contribution < 1.29 is 17.6 Å². The molecule has 0 aliphatic carbocycles. The Hall–Kier alpha value is -3.31. The smallest absolute Gasteiger partial charge is 0.229 e. The lowest BCUT2D eigenvalue weighted by Gasteiger charge is -2.27. The van der Waals surface area contributed by atoms with Gasteiger partial charge >= 0.3 is 0 Å². The van der Waals surface area contributed by atoms with E-state index >= 15 is 0 Å². The van der Waals surface area contributed by atoms with Gasteiger partial charge in [-0.1, -0.05) is 35.3 Å². The molecule has 2 N–H and O–H groups in total. The van der Waals surface area contributed by atoms with Gasteiger partial charge in [-0.2, -0.15) is 0 Å². The van der Waals surface area contributed by atoms with Crippen molar-refractivity contribution in [2.24, 2.45) is 0 Å². The first-order valence-corrected chi connectivity index (χ1v) is 14.4. The zero-order valence-corrected chi connectivity index (χ0v) is 23.3. The molecular formula is C26H22Cl2N4O4S2. The molecule has 0 saturated carbocycles. The number of rotatable bonds is 7. The summed E-state index contributed by atoms with van der Waals surface area (Å²) in [5.41, 5.74) is 2.31. The van der Waals surface area contributed by atoms with Crippen molar-refractivity contribution in [2.75, 3.05) is 23.0 Å². The summed E-state index contributed by atoms with van der Waals surface area (Å²) in [6.45, 7) is 0. The van der Waals surface area contributed by atoms with Crippen LogP contribution in [0.4, 0.5) is 11.4 Å². The Kier molecular flexibility index (Phi) is 7.23. The summed E-state index contributed by atoms with van der Waals surface area (Å²) in [5, 5.41) is 4.58. The number of hydrogen-bond acceptors (Lipinski definition) is 6. The van der Waals surface area contributed by atoms with Crippen LogP contribution in [0.25, 0.3) is 11.3 Å². The Bertz CT molecular complexity index is 1610. The second kappa shape index (κ2) is 10.5. The third-order valence-corrected chi connectivity index (χ3v) is 7.71. The van der Waals surface area contributed by atoms with Crippen molar-refractivity contribution in [3.05, 3.63) is 94.4 Å². The standard InChI is InChI=1S/C26H22Cl2N4O4S2/c1-35-21-10-9-15(14-19(21)31-38(2,33)34)32-25(24(30-26(32)37)18-8-3-4-13-29-18)22-12-11-20(36-22)16-6-5-7-17(27)23(16)28/h3-14,24-25,31H,1-2H3,(H,30,37)/t24-,25-/m0/s1. The minimum Gasteiger partial charge on any atom is -0.495 e. The number of sulfonamides is 1. The van der Waals surface area contributed by atoms with Gasteiger partial charge in [0.2, 0.25) is 10.0 Å². The predicted octanol–water partition coefficient (Wildman–Crippen LogP) is 6.21. The number of aromatic nitrogens is 1. The minimum atomic E-state index is -3.57. The van der Waals surface area contributed by atoms with Crippen LogP contribution in [-0.2, 0) is 10.0 Å². The van der Waals surface area contributed by atoms with Gasteiger partial charge in [0.25, 0.3) is 0 Å². The second-order valence-corrected chi connectivity index (χ2v) is 11.5. The van der Waals surface area contributed by atoms with Crippen LogP contribution in [0.2, 0.25) is 10.0 Å². The van der Waals surface area contributed by atoms with E-state index in [4.69, 9.17) is 44.6 Å².